The van der Waals surface area contributed by atoms with Gasteiger partial charge in [-0.25, -0.2) is 9.47 Å². The van der Waals surface area contributed by atoms with Gasteiger partial charge in [0.2, 0.25) is 5.16 Å². The van der Waals surface area contributed by atoms with Crippen LogP contribution in [0.3, 0.4) is 0 Å². The number of carbonyl (C=O) groups excluding carboxylic acids is 1. The molecule has 1 saturated heterocycles. The maximum absolute atomic E-state index is 12.7. The lowest BCUT2D eigenvalue weighted by molar-refractivity contribution is -0.146. The van der Waals surface area contributed by atoms with Crippen LogP contribution in [-0.2, 0) is 15.7 Å². The topological polar surface area (TPSA) is 95.5 Å². The fourth-order valence-corrected chi connectivity index (χ4v) is 3.34. The lowest BCUT2D eigenvalue weighted by Gasteiger charge is -2.35. The molecule has 1 fully saturated rings. The highest BCUT2D eigenvalue weighted by atomic mass is 32.2. The molecule has 0 unspecified atom stereocenters. The molecule has 1 aromatic heterocycles. The fraction of sp³-hybridized carbons (Fsp3) is 0.786. The van der Waals surface area contributed by atoms with Gasteiger partial charge in [-0.2, -0.15) is 13.2 Å². The third kappa shape index (κ3) is 4.53. The van der Waals surface area contributed by atoms with Crippen LogP contribution in [0.2, 0.25) is 0 Å². The quantitative estimate of drug-likeness (QED) is 0.618. The molecule has 0 bridgehead atoms. The van der Waals surface area contributed by atoms with Crippen molar-refractivity contribution in [1.29, 1.82) is 0 Å². The minimum absolute atomic E-state index is 0.105. The van der Waals surface area contributed by atoms with Crippen LogP contribution >= 0.6 is 11.8 Å². The molecule has 0 spiro atoms. The number of nitrogens with zero attached hydrogens (tertiary/aromatic N) is 4. The van der Waals surface area contributed by atoms with Gasteiger partial charge in [-0.15, -0.1) is 10.2 Å². The Morgan fingerprint density at radius 1 is 1.38 bits per heavy atom. The molecule has 1 aromatic rings. The summed E-state index contributed by atoms with van der Waals surface area (Å²) in [6.45, 7) is 8.88. The smallest absolute Gasteiger partial charge is 0.444 e. The maximum atomic E-state index is 12.7. The SMILES string of the molecule is CC(C)(C)OC(=O)N1[C@@H](CSc2nnc(C(F)(F)F)n2N)COC1(C)C. The van der Waals surface area contributed by atoms with Crippen LogP contribution < -0.4 is 5.84 Å². The molecule has 0 aromatic carbocycles. The van der Waals surface area contributed by atoms with E-state index in [1.165, 1.54) is 4.90 Å². The molecule has 2 N–H and O–H groups in total. The van der Waals surface area contributed by atoms with Gasteiger partial charge >= 0.3 is 12.3 Å². The van der Waals surface area contributed by atoms with Crippen LogP contribution in [0.25, 0.3) is 0 Å². The van der Waals surface area contributed by atoms with Crippen molar-refractivity contribution in [2.75, 3.05) is 18.2 Å². The molecule has 12 heteroatoms. The Balaban J connectivity index is 2.11. The second kappa shape index (κ2) is 6.80. The van der Waals surface area contributed by atoms with Crippen molar-refractivity contribution >= 4 is 17.9 Å². The predicted molar refractivity (Wildman–Crippen MR) is 87.8 cm³/mol. The molecule has 26 heavy (non-hydrogen) atoms. The number of thioether (sulfide) groups is 1. The predicted octanol–water partition coefficient (Wildman–Crippen LogP) is 2.47. The zero-order valence-corrected chi connectivity index (χ0v) is 15.9. The van der Waals surface area contributed by atoms with Gasteiger partial charge in [0, 0.05) is 5.75 Å². The van der Waals surface area contributed by atoms with Crippen LogP contribution in [-0.4, -0.2) is 55.6 Å². The number of aromatic nitrogens is 3. The van der Waals surface area contributed by atoms with Crippen LogP contribution in [0, 0.1) is 0 Å². The fourth-order valence-electron chi connectivity index (χ4n) is 2.43. The van der Waals surface area contributed by atoms with E-state index in [1.54, 1.807) is 34.6 Å². The zero-order chi connectivity index (χ0) is 19.9. The summed E-state index contributed by atoms with van der Waals surface area (Å²) in [5.74, 6) is 4.35. The first-order valence-electron chi connectivity index (χ1n) is 7.79. The first-order chi connectivity index (χ1) is 11.7. The molecule has 8 nitrogen and oxygen atoms in total. The average molecular weight is 397 g/mol. The minimum Gasteiger partial charge on any atom is -0.444 e. The standard InChI is InChI=1S/C14H22F3N5O3S/c1-12(2,3)25-11(23)21-8(6-24-13(21,4)5)7-26-10-20-19-9(22(10)18)14(15,16)17/h8H,6-7,18H2,1-5H3/t8-/m1/s1. The number of halogens is 3. The van der Waals surface area contributed by atoms with E-state index in [9.17, 15) is 18.0 Å². The van der Waals surface area contributed by atoms with E-state index in [-0.39, 0.29) is 17.5 Å². The van der Waals surface area contributed by atoms with Crippen molar-refractivity contribution in [3.63, 3.8) is 0 Å². The second-order valence-electron chi connectivity index (χ2n) is 7.25. The van der Waals surface area contributed by atoms with Crippen molar-refractivity contribution in [3.05, 3.63) is 5.82 Å². The van der Waals surface area contributed by atoms with Crippen molar-refractivity contribution in [1.82, 2.24) is 19.8 Å². The molecule has 0 aliphatic carbocycles. The van der Waals surface area contributed by atoms with Crippen molar-refractivity contribution in [2.45, 2.75) is 63.3 Å². The van der Waals surface area contributed by atoms with Gasteiger partial charge < -0.3 is 15.3 Å². The maximum Gasteiger partial charge on any atom is 0.453 e. The van der Waals surface area contributed by atoms with Gasteiger partial charge in [0.1, 0.15) is 11.3 Å². The van der Waals surface area contributed by atoms with E-state index in [0.717, 1.165) is 11.8 Å². The Hall–Kier alpha value is -1.69. The van der Waals surface area contributed by atoms with Gasteiger partial charge in [-0.3, -0.25) is 4.90 Å². The number of hydrogen-bond acceptors (Lipinski definition) is 7. The number of carbonyl (C=O) groups is 1. The monoisotopic (exact) mass is 397 g/mol. The Morgan fingerprint density at radius 3 is 2.50 bits per heavy atom. The highest BCUT2D eigenvalue weighted by molar-refractivity contribution is 7.99. The number of alkyl halides is 3. The lowest BCUT2D eigenvalue weighted by atomic mass is 10.2. The van der Waals surface area contributed by atoms with Crippen molar-refractivity contribution in [2.24, 2.45) is 0 Å². The molecule has 1 aliphatic rings. The van der Waals surface area contributed by atoms with Crippen molar-refractivity contribution < 1.29 is 27.4 Å². The van der Waals surface area contributed by atoms with E-state index >= 15 is 0 Å². The first-order valence-corrected chi connectivity index (χ1v) is 8.78. The van der Waals surface area contributed by atoms with Gasteiger partial charge in [-0.1, -0.05) is 11.8 Å². The number of nitrogen functional groups attached to an aromatic ring is 1. The van der Waals surface area contributed by atoms with Crippen LogP contribution in [0.4, 0.5) is 18.0 Å². The Labute approximate surface area is 153 Å². The summed E-state index contributed by atoms with van der Waals surface area (Å²) in [6.07, 6.45) is -5.25. The van der Waals surface area contributed by atoms with Crippen molar-refractivity contribution in [3.8, 4) is 0 Å². The summed E-state index contributed by atoms with van der Waals surface area (Å²) >= 11 is 0.956. The molecule has 1 amide bonds. The zero-order valence-electron chi connectivity index (χ0n) is 15.1. The summed E-state index contributed by atoms with van der Waals surface area (Å²) < 4.78 is 49.6. The van der Waals surface area contributed by atoms with Gasteiger partial charge in [0.05, 0.1) is 12.6 Å². The average Bonchev–Trinajstić information content (AvgIpc) is 2.94. The molecular formula is C14H22F3N5O3S. The highest BCUT2D eigenvalue weighted by Crippen LogP contribution is 2.33. The Kier molecular flexibility index (Phi) is 5.39. The van der Waals surface area contributed by atoms with E-state index < -0.39 is 35.5 Å². The van der Waals surface area contributed by atoms with E-state index in [0.29, 0.717) is 4.68 Å². The summed E-state index contributed by atoms with van der Waals surface area (Å²) in [6, 6.07) is -0.420. The van der Waals surface area contributed by atoms with Crippen LogP contribution in [0.1, 0.15) is 40.4 Å². The summed E-state index contributed by atoms with van der Waals surface area (Å²) in [5.41, 5.74) is -1.59. The van der Waals surface area contributed by atoms with E-state index in [4.69, 9.17) is 15.3 Å². The molecule has 148 valence electrons. The van der Waals surface area contributed by atoms with Crippen LogP contribution in [0.5, 0.6) is 0 Å². The first kappa shape index (κ1) is 20.6. The van der Waals surface area contributed by atoms with Gasteiger partial charge in [0.25, 0.3) is 5.82 Å². The Bertz CT molecular complexity index is 672. The molecule has 1 aliphatic heterocycles. The Morgan fingerprint density at radius 2 is 2.00 bits per heavy atom. The summed E-state index contributed by atoms with van der Waals surface area (Å²) in [5, 5.41) is 6.43. The normalized spacial score (nSPS) is 20.5. The van der Waals surface area contributed by atoms with E-state index in [2.05, 4.69) is 10.2 Å². The van der Waals surface area contributed by atoms with Gasteiger partial charge in [0.15, 0.2) is 0 Å². The number of rotatable bonds is 3. The third-order valence-electron chi connectivity index (χ3n) is 3.49. The largest absolute Gasteiger partial charge is 0.453 e. The second-order valence-corrected chi connectivity index (χ2v) is 8.23. The molecular weight excluding hydrogens is 375 g/mol. The lowest BCUT2D eigenvalue weighted by Crippen LogP contribution is -2.50. The summed E-state index contributed by atoms with van der Waals surface area (Å²) in [4.78, 5) is 13.9. The number of nitrogens with two attached hydrogens (primary N) is 1. The van der Waals surface area contributed by atoms with Gasteiger partial charge in [-0.05, 0) is 34.6 Å². The van der Waals surface area contributed by atoms with E-state index in [1.807, 2.05) is 0 Å². The molecule has 2 rings (SSSR count). The van der Waals surface area contributed by atoms with Crippen LogP contribution in [0.15, 0.2) is 5.16 Å². The molecule has 1 atom stereocenters. The molecule has 0 radical (unpaired) electrons. The third-order valence-corrected chi connectivity index (χ3v) is 4.58. The molecule has 0 saturated carbocycles. The highest BCUT2D eigenvalue weighted by Gasteiger charge is 2.46. The number of amides is 1. The number of hydrogen-bond donors (Lipinski definition) is 1. The number of ether oxygens (including phenoxy) is 2. The minimum atomic E-state index is -4.69. The molecule has 2 heterocycles. The summed E-state index contributed by atoms with van der Waals surface area (Å²) in [7, 11) is 0.